The van der Waals surface area contributed by atoms with Crippen LogP contribution in [0.1, 0.15) is 31.4 Å². The number of hydrogen-bond donors (Lipinski definition) is 3. The van der Waals surface area contributed by atoms with Crippen LogP contribution < -0.4 is 5.32 Å². The van der Waals surface area contributed by atoms with Gasteiger partial charge in [-0.3, -0.25) is 14.6 Å². The van der Waals surface area contributed by atoms with Gasteiger partial charge in [-0.2, -0.15) is 5.10 Å². The molecule has 0 saturated carbocycles. The maximum absolute atomic E-state index is 12.7. The molecule has 1 aliphatic heterocycles. The Morgan fingerprint density at radius 3 is 2.60 bits per heavy atom. The summed E-state index contributed by atoms with van der Waals surface area (Å²) in [6.07, 6.45) is 5.54. The molecule has 3 N–H and O–H groups in total. The van der Waals surface area contributed by atoms with Crippen LogP contribution in [0.4, 0.5) is 0 Å². The van der Waals surface area contributed by atoms with Crippen LogP contribution in [0.25, 0.3) is 22.7 Å². The van der Waals surface area contributed by atoms with E-state index >= 15 is 0 Å². The molecule has 0 saturated heterocycles. The lowest BCUT2D eigenvalue weighted by Crippen LogP contribution is -2.37. The van der Waals surface area contributed by atoms with Crippen molar-refractivity contribution in [1.82, 2.24) is 15.3 Å². The molecule has 0 aliphatic carbocycles. The Morgan fingerprint density at radius 2 is 1.97 bits per heavy atom. The number of amides is 1. The number of carbonyl (C=O) groups excluding carboxylic acids is 1. The van der Waals surface area contributed by atoms with Gasteiger partial charge in [0.15, 0.2) is 11.5 Å². The number of aromatic nitrogens is 1. The van der Waals surface area contributed by atoms with Gasteiger partial charge in [0.25, 0.3) is 5.91 Å². The molecule has 8 heteroatoms. The molecule has 2 heterocycles. The van der Waals surface area contributed by atoms with Gasteiger partial charge in [-0.05, 0) is 19.4 Å². The molecule has 0 unspecified atom stereocenters. The number of pyridine rings is 1. The fraction of sp³-hybridized carbons (Fsp3) is 0.182. The largest absolute Gasteiger partial charge is 0.505 e. The smallest absolute Gasteiger partial charge is 0.322 e. The normalized spacial score (nSPS) is 14.9. The Hall–Kier alpha value is -3.94. The van der Waals surface area contributed by atoms with Gasteiger partial charge < -0.3 is 15.5 Å². The lowest BCUT2D eigenvalue weighted by atomic mass is 9.96. The molecule has 2 aromatic rings. The van der Waals surface area contributed by atoms with Crippen molar-refractivity contribution in [2.24, 2.45) is 5.10 Å². The quantitative estimate of drug-likeness (QED) is 0.635. The van der Waals surface area contributed by atoms with E-state index in [0.29, 0.717) is 28.9 Å². The Kier molecular flexibility index (Phi) is 6.26. The average Bonchev–Trinajstić information content (AvgIpc) is 2.75. The van der Waals surface area contributed by atoms with Crippen LogP contribution in [0, 0.1) is 0 Å². The number of carboxylic acid groups (broad SMARTS) is 1. The average molecular weight is 406 g/mol. The first-order chi connectivity index (χ1) is 14.5. The Labute approximate surface area is 173 Å². The first-order valence-electron chi connectivity index (χ1n) is 9.46. The second-order valence-electron chi connectivity index (χ2n) is 6.44. The number of fused-ring (bicyclic) bond motifs is 1. The predicted octanol–water partition coefficient (Wildman–Crippen LogP) is 3.25. The van der Waals surface area contributed by atoms with Gasteiger partial charge in [0.05, 0.1) is 11.4 Å². The zero-order chi connectivity index (χ0) is 21.7. The Morgan fingerprint density at radius 1 is 1.23 bits per heavy atom. The third-order valence-corrected chi connectivity index (χ3v) is 4.41. The maximum Gasteiger partial charge on any atom is 0.322 e. The molecule has 0 radical (unpaired) electrons. The van der Waals surface area contributed by atoms with E-state index in [1.54, 1.807) is 6.92 Å². The molecule has 154 valence electrons. The summed E-state index contributed by atoms with van der Waals surface area (Å²) in [7, 11) is 0. The maximum atomic E-state index is 12.7. The van der Waals surface area contributed by atoms with Gasteiger partial charge in [0.2, 0.25) is 0 Å². The number of aliphatic hydroxyl groups is 1. The molecule has 0 spiro atoms. The molecule has 8 nitrogen and oxygen atoms in total. The number of carboxylic acids is 1. The fourth-order valence-corrected chi connectivity index (χ4v) is 3.15. The van der Waals surface area contributed by atoms with Crippen molar-refractivity contribution in [2.45, 2.75) is 20.3 Å². The topological polar surface area (TPSA) is 115 Å². The van der Waals surface area contributed by atoms with E-state index in [4.69, 9.17) is 5.11 Å². The van der Waals surface area contributed by atoms with E-state index in [9.17, 15) is 14.7 Å². The first-order valence-corrected chi connectivity index (χ1v) is 9.46. The summed E-state index contributed by atoms with van der Waals surface area (Å²) >= 11 is 0. The van der Waals surface area contributed by atoms with Gasteiger partial charge in [0.1, 0.15) is 6.54 Å². The summed E-state index contributed by atoms with van der Waals surface area (Å²) in [6.45, 7) is 3.05. The van der Waals surface area contributed by atoms with E-state index < -0.39 is 18.4 Å². The van der Waals surface area contributed by atoms with E-state index in [2.05, 4.69) is 15.4 Å². The minimum Gasteiger partial charge on any atom is -0.505 e. The van der Waals surface area contributed by atoms with E-state index in [1.807, 2.05) is 49.4 Å². The minimum atomic E-state index is -1.19. The first kappa shape index (κ1) is 20.8. The summed E-state index contributed by atoms with van der Waals surface area (Å²) in [4.78, 5) is 28.0. The third-order valence-electron chi connectivity index (χ3n) is 4.41. The monoisotopic (exact) mass is 406 g/mol. The molecule has 1 amide bonds. The number of benzene rings is 1. The van der Waals surface area contributed by atoms with Crippen molar-refractivity contribution < 1.29 is 19.8 Å². The van der Waals surface area contributed by atoms with Crippen LogP contribution in [-0.4, -0.2) is 44.8 Å². The van der Waals surface area contributed by atoms with Crippen molar-refractivity contribution in [3.05, 3.63) is 65.5 Å². The SMILES string of the molecule is C/C=N\N1C(C(=O)NCC(=O)O)=C(O)c2cnc(-c3ccccc3)cc2/C1=C\CC. The number of nitrogens with zero attached hydrogens (tertiary/aromatic N) is 3. The van der Waals surface area contributed by atoms with Crippen molar-refractivity contribution in [2.75, 3.05) is 6.54 Å². The molecule has 0 bridgehead atoms. The number of aliphatic hydroxyl groups excluding tert-OH is 1. The van der Waals surface area contributed by atoms with Crippen molar-refractivity contribution in [1.29, 1.82) is 0 Å². The molecule has 0 fully saturated rings. The minimum absolute atomic E-state index is 0.157. The lowest BCUT2D eigenvalue weighted by Gasteiger charge is -2.31. The fourth-order valence-electron chi connectivity index (χ4n) is 3.15. The number of aliphatic carboxylic acids is 1. The summed E-state index contributed by atoms with van der Waals surface area (Å²) < 4.78 is 0. The molecular formula is C22H22N4O4. The van der Waals surface area contributed by atoms with Crippen LogP contribution in [0.15, 0.2) is 59.5 Å². The molecule has 3 rings (SSSR count). The second kappa shape index (κ2) is 9.04. The van der Waals surface area contributed by atoms with Crippen LogP contribution in [-0.2, 0) is 9.59 Å². The van der Waals surface area contributed by atoms with Crippen LogP contribution in [0.3, 0.4) is 0 Å². The number of rotatable bonds is 6. The molecule has 0 atom stereocenters. The zero-order valence-corrected chi connectivity index (χ0v) is 16.7. The van der Waals surface area contributed by atoms with Crippen molar-refractivity contribution >= 4 is 29.5 Å². The van der Waals surface area contributed by atoms with Crippen LogP contribution in [0.2, 0.25) is 0 Å². The van der Waals surface area contributed by atoms with Gasteiger partial charge in [-0.25, -0.2) is 5.01 Å². The summed E-state index contributed by atoms with van der Waals surface area (Å²) in [5, 5.41) is 27.6. The predicted molar refractivity (Wildman–Crippen MR) is 114 cm³/mol. The number of carbonyl (C=O) groups is 2. The molecule has 1 aromatic heterocycles. The molecule has 1 aliphatic rings. The van der Waals surface area contributed by atoms with Crippen molar-refractivity contribution in [3.8, 4) is 11.3 Å². The highest BCUT2D eigenvalue weighted by molar-refractivity contribution is 6.04. The molecule has 1 aromatic carbocycles. The van der Waals surface area contributed by atoms with Gasteiger partial charge in [-0.1, -0.05) is 43.3 Å². The Balaban J connectivity index is 2.19. The standard InChI is InChI=1S/C22H22N4O4/c1-3-8-18-15-11-17(14-9-6-5-7-10-14)23-12-16(15)21(29)20(26(18)25-4-2)22(30)24-13-19(27)28/h4-12,29H,3,13H2,1-2H3,(H,24,30)(H,27,28)/b18-8+,25-4-. The van der Waals surface area contributed by atoms with Crippen LogP contribution >= 0.6 is 0 Å². The highest BCUT2D eigenvalue weighted by atomic mass is 16.4. The molecule has 30 heavy (non-hydrogen) atoms. The van der Waals surface area contributed by atoms with E-state index in [-0.39, 0.29) is 11.5 Å². The third kappa shape index (κ3) is 4.07. The van der Waals surface area contributed by atoms with Gasteiger partial charge >= 0.3 is 5.97 Å². The van der Waals surface area contributed by atoms with Crippen molar-refractivity contribution in [3.63, 3.8) is 0 Å². The van der Waals surface area contributed by atoms with Crippen LogP contribution in [0.5, 0.6) is 0 Å². The Bertz CT molecular complexity index is 1060. The lowest BCUT2D eigenvalue weighted by molar-refractivity contribution is -0.137. The highest BCUT2D eigenvalue weighted by Gasteiger charge is 2.34. The summed E-state index contributed by atoms with van der Waals surface area (Å²) in [5.74, 6) is -2.26. The summed E-state index contributed by atoms with van der Waals surface area (Å²) in [6, 6.07) is 11.4. The van der Waals surface area contributed by atoms with Gasteiger partial charge in [-0.15, -0.1) is 0 Å². The number of hydrogen-bond acceptors (Lipinski definition) is 6. The number of nitrogens with one attached hydrogen (secondary N) is 1. The zero-order valence-electron chi connectivity index (χ0n) is 16.7. The number of allylic oxidation sites excluding steroid dienone is 1. The number of hydrazone groups is 1. The van der Waals surface area contributed by atoms with Gasteiger partial charge in [0, 0.05) is 29.1 Å². The van der Waals surface area contributed by atoms with E-state index in [0.717, 1.165) is 5.56 Å². The molecular weight excluding hydrogens is 384 g/mol. The highest BCUT2D eigenvalue weighted by Crippen LogP contribution is 2.39. The summed E-state index contributed by atoms with van der Waals surface area (Å²) in [5.41, 5.74) is 3.11. The second-order valence-corrected chi connectivity index (χ2v) is 6.44. The van der Waals surface area contributed by atoms with E-state index in [1.165, 1.54) is 17.4 Å².